The van der Waals surface area contributed by atoms with Gasteiger partial charge >= 0.3 is 0 Å². The number of hydrogen-bond donors (Lipinski definition) is 1. The van der Waals surface area contributed by atoms with Crippen LogP contribution in [0.25, 0.3) is 11.0 Å². The van der Waals surface area contributed by atoms with E-state index in [-0.39, 0.29) is 5.82 Å². The third-order valence-corrected chi connectivity index (χ3v) is 1.38. The van der Waals surface area contributed by atoms with Gasteiger partial charge in [-0.25, -0.2) is 9.37 Å². The van der Waals surface area contributed by atoms with E-state index in [0.29, 0.717) is 0 Å². The van der Waals surface area contributed by atoms with Crippen LogP contribution < -0.4 is 0 Å². The van der Waals surface area contributed by atoms with Gasteiger partial charge in [0.1, 0.15) is 12.6 Å². The van der Waals surface area contributed by atoms with Crippen molar-refractivity contribution in [2.45, 2.75) is 0 Å². The third kappa shape index (κ3) is 1.47. The fourth-order valence-electron chi connectivity index (χ4n) is 0.908. The number of aromatic nitrogens is 2. The summed E-state index contributed by atoms with van der Waals surface area (Å²) in [7, 11) is 0. The second-order valence-corrected chi connectivity index (χ2v) is 2.06. The predicted molar refractivity (Wildman–Crippen MR) is 43.2 cm³/mol. The molecule has 1 aromatic carbocycles. The van der Waals surface area contributed by atoms with Crippen LogP contribution in [0.5, 0.6) is 0 Å². The van der Waals surface area contributed by atoms with E-state index >= 15 is 0 Å². The molecule has 0 radical (unpaired) electrons. The Morgan fingerprint density at radius 3 is 2.92 bits per heavy atom. The van der Waals surface area contributed by atoms with Gasteiger partial charge in [-0.1, -0.05) is 0 Å². The number of H-pyrrole nitrogens is 1. The van der Waals surface area contributed by atoms with Crippen molar-refractivity contribution in [1.29, 1.82) is 0 Å². The Kier molecular flexibility index (Phi) is 2.53. The number of hydrogen-bond acceptors (Lipinski definition) is 2. The minimum atomic E-state index is -0.239. The fourth-order valence-corrected chi connectivity index (χ4v) is 0.908. The van der Waals surface area contributed by atoms with Gasteiger partial charge in [-0.15, -0.1) is 0 Å². The van der Waals surface area contributed by atoms with Gasteiger partial charge in [0.2, 0.25) is 0 Å². The summed E-state index contributed by atoms with van der Waals surface area (Å²) >= 11 is 0. The number of nitrogens with one attached hydrogen (secondary N) is 1. The van der Waals surface area contributed by atoms with Crippen molar-refractivity contribution < 1.29 is 9.18 Å². The highest BCUT2D eigenvalue weighted by Crippen LogP contribution is 2.09. The van der Waals surface area contributed by atoms with E-state index in [9.17, 15) is 4.39 Å². The normalized spacial score (nSPS) is 9.08. The summed E-state index contributed by atoms with van der Waals surface area (Å²) in [5, 5.41) is 0. The number of benzene rings is 1. The zero-order chi connectivity index (χ0) is 8.97. The van der Waals surface area contributed by atoms with Gasteiger partial charge in [0, 0.05) is 0 Å². The molecule has 2 aromatic rings. The number of carbonyl (C=O) groups is 1. The predicted octanol–water partition coefficient (Wildman–Crippen LogP) is 1.52. The van der Waals surface area contributed by atoms with E-state index in [0.717, 1.165) is 11.0 Å². The van der Waals surface area contributed by atoms with Crippen molar-refractivity contribution in [2.24, 2.45) is 0 Å². The lowest BCUT2D eigenvalue weighted by molar-refractivity contribution is -0.0979. The highest BCUT2D eigenvalue weighted by Gasteiger charge is 1.94. The number of imidazole rings is 1. The molecule has 0 unspecified atom stereocenters. The summed E-state index contributed by atoms with van der Waals surface area (Å²) in [6.07, 6.45) is 1.55. The summed E-state index contributed by atoms with van der Waals surface area (Å²) in [6.45, 7) is 2.00. The second-order valence-electron chi connectivity index (χ2n) is 2.06. The molecule has 0 atom stereocenters. The molecule has 2 rings (SSSR count). The Morgan fingerprint density at radius 1 is 1.42 bits per heavy atom. The van der Waals surface area contributed by atoms with Crippen molar-refractivity contribution in [1.82, 2.24) is 9.97 Å². The lowest BCUT2D eigenvalue weighted by Crippen LogP contribution is -1.72. The first-order valence-electron chi connectivity index (χ1n) is 3.24. The first-order valence-corrected chi connectivity index (χ1v) is 3.24. The number of fused-ring (bicyclic) bond motifs is 1. The molecule has 0 aliphatic rings. The van der Waals surface area contributed by atoms with Crippen molar-refractivity contribution in [3.05, 3.63) is 30.3 Å². The maximum Gasteiger partial charge on any atom is 0.125 e. The molecule has 1 aromatic heterocycles. The zero-order valence-corrected chi connectivity index (χ0v) is 6.25. The van der Waals surface area contributed by atoms with Gasteiger partial charge in [0.15, 0.2) is 0 Å². The minimum Gasteiger partial charge on any atom is -0.345 e. The fraction of sp³-hybridized carbons (Fsp3) is 0. The lowest BCUT2D eigenvalue weighted by atomic mass is 10.3. The molecule has 0 spiro atoms. The number of halogens is 1. The van der Waals surface area contributed by atoms with Crippen molar-refractivity contribution in [3.63, 3.8) is 0 Å². The van der Waals surface area contributed by atoms with Crippen LogP contribution in [0.15, 0.2) is 24.5 Å². The molecule has 12 heavy (non-hydrogen) atoms. The Labute approximate surface area is 68.2 Å². The van der Waals surface area contributed by atoms with E-state index < -0.39 is 0 Å². The summed E-state index contributed by atoms with van der Waals surface area (Å²) in [4.78, 5) is 14.7. The first-order chi connectivity index (χ1) is 5.86. The largest absolute Gasteiger partial charge is 0.345 e. The summed E-state index contributed by atoms with van der Waals surface area (Å²) in [5.74, 6) is -0.239. The maximum absolute atomic E-state index is 12.5. The quantitative estimate of drug-likeness (QED) is 0.644. The highest BCUT2D eigenvalue weighted by molar-refractivity contribution is 5.73. The standard InChI is InChI=1S/C7H5FN2.CH2O/c8-5-1-2-6-7(3-5)10-4-9-6;1-2/h1-4H,(H,9,10);1H2. The summed E-state index contributed by atoms with van der Waals surface area (Å²) in [5.41, 5.74) is 1.53. The van der Waals surface area contributed by atoms with E-state index in [2.05, 4.69) is 9.97 Å². The van der Waals surface area contributed by atoms with Crippen LogP contribution in [0.3, 0.4) is 0 Å². The summed E-state index contributed by atoms with van der Waals surface area (Å²) in [6, 6.07) is 4.45. The summed E-state index contributed by atoms with van der Waals surface area (Å²) < 4.78 is 12.5. The molecule has 3 nitrogen and oxygen atoms in total. The molecule has 0 saturated carbocycles. The topological polar surface area (TPSA) is 45.8 Å². The Bertz CT molecular complexity index is 372. The smallest absolute Gasteiger partial charge is 0.125 e. The van der Waals surface area contributed by atoms with Gasteiger partial charge in [-0.3, -0.25) is 0 Å². The van der Waals surface area contributed by atoms with E-state index in [4.69, 9.17) is 4.79 Å². The highest BCUT2D eigenvalue weighted by atomic mass is 19.1. The number of carbonyl (C=O) groups excluding carboxylic acids is 1. The molecule has 0 amide bonds. The van der Waals surface area contributed by atoms with Gasteiger partial charge in [0.25, 0.3) is 0 Å². The number of aromatic amines is 1. The van der Waals surface area contributed by atoms with Crippen molar-refractivity contribution in [2.75, 3.05) is 0 Å². The average Bonchev–Trinajstić information content (AvgIpc) is 2.54. The van der Waals surface area contributed by atoms with Crippen LogP contribution in [-0.4, -0.2) is 16.8 Å². The molecule has 0 fully saturated rings. The van der Waals surface area contributed by atoms with E-state index in [1.54, 1.807) is 12.4 Å². The van der Waals surface area contributed by atoms with Gasteiger partial charge < -0.3 is 9.78 Å². The Balaban J connectivity index is 0.000000336. The van der Waals surface area contributed by atoms with Crippen LogP contribution in [0.2, 0.25) is 0 Å². The van der Waals surface area contributed by atoms with Gasteiger partial charge in [0.05, 0.1) is 17.4 Å². The molecule has 62 valence electrons. The van der Waals surface area contributed by atoms with Crippen LogP contribution in [0, 0.1) is 5.82 Å². The molecule has 0 aliphatic heterocycles. The van der Waals surface area contributed by atoms with Crippen molar-refractivity contribution in [3.8, 4) is 0 Å². The molecular weight excluding hydrogens is 159 g/mol. The second kappa shape index (κ2) is 3.61. The first kappa shape index (κ1) is 8.39. The monoisotopic (exact) mass is 166 g/mol. The van der Waals surface area contributed by atoms with Gasteiger partial charge in [-0.2, -0.15) is 0 Å². The van der Waals surface area contributed by atoms with Gasteiger partial charge in [-0.05, 0) is 18.2 Å². The van der Waals surface area contributed by atoms with E-state index in [1.165, 1.54) is 12.1 Å². The van der Waals surface area contributed by atoms with E-state index in [1.807, 2.05) is 6.79 Å². The zero-order valence-electron chi connectivity index (χ0n) is 6.25. The van der Waals surface area contributed by atoms with Crippen LogP contribution >= 0.6 is 0 Å². The molecule has 0 saturated heterocycles. The Hall–Kier alpha value is -1.71. The number of rotatable bonds is 0. The molecular formula is C8H7FN2O. The minimum absolute atomic E-state index is 0.239. The van der Waals surface area contributed by atoms with Crippen LogP contribution in [0.1, 0.15) is 0 Å². The van der Waals surface area contributed by atoms with Crippen LogP contribution in [-0.2, 0) is 4.79 Å². The number of nitrogens with zero attached hydrogens (tertiary/aromatic N) is 1. The van der Waals surface area contributed by atoms with Crippen LogP contribution in [0.4, 0.5) is 4.39 Å². The lowest BCUT2D eigenvalue weighted by Gasteiger charge is -1.86. The Morgan fingerprint density at radius 2 is 2.17 bits per heavy atom. The molecule has 0 aliphatic carbocycles. The molecule has 0 bridgehead atoms. The average molecular weight is 166 g/mol. The third-order valence-electron chi connectivity index (χ3n) is 1.38. The molecule has 1 heterocycles. The molecule has 1 N–H and O–H groups in total. The van der Waals surface area contributed by atoms with Crippen molar-refractivity contribution >= 4 is 17.8 Å². The SMILES string of the molecule is C=O.Fc1ccc2nc[nH]c2c1. The maximum atomic E-state index is 12.5. The molecule has 4 heteroatoms.